The van der Waals surface area contributed by atoms with Gasteiger partial charge in [0.2, 0.25) is 0 Å². The Bertz CT molecular complexity index is 797. The first kappa shape index (κ1) is 13.2. The van der Waals surface area contributed by atoms with Gasteiger partial charge in [0.25, 0.3) is 0 Å². The first-order valence-corrected chi connectivity index (χ1v) is 7.60. The average molecular weight is 302 g/mol. The molecule has 0 saturated heterocycles. The van der Waals surface area contributed by atoms with Crippen molar-refractivity contribution in [2.24, 2.45) is 0 Å². The zero-order valence-electron chi connectivity index (χ0n) is 11.3. The van der Waals surface area contributed by atoms with Crippen LogP contribution >= 0.6 is 23.6 Å². The van der Waals surface area contributed by atoms with Crippen LogP contribution in [0.15, 0.2) is 30.5 Å². The third-order valence-electron chi connectivity index (χ3n) is 3.18. The van der Waals surface area contributed by atoms with E-state index in [0.717, 1.165) is 22.3 Å². The van der Waals surface area contributed by atoms with E-state index in [1.54, 1.807) is 11.3 Å². The van der Waals surface area contributed by atoms with Gasteiger partial charge < -0.3 is 0 Å². The van der Waals surface area contributed by atoms with Gasteiger partial charge in [-0.15, -0.1) is 11.3 Å². The minimum atomic E-state index is 0.647. The van der Waals surface area contributed by atoms with Gasteiger partial charge in [-0.1, -0.05) is 24.3 Å². The molecule has 102 valence electrons. The molecule has 0 spiro atoms. The lowest BCUT2D eigenvalue weighted by molar-refractivity contribution is 0.756. The average Bonchev–Trinajstić information content (AvgIpc) is 3.05. The molecule has 1 aromatic carbocycles. The van der Waals surface area contributed by atoms with Crippen molar-refractivity contribution in [3.05, 3.63) is 40.8 Å². The van der Waals surface area contributed by atoms with E-state index in [1.807, 2.05) is 22.9 Å². The van der Waals surface area contributed by atoms with Gasteiger partial charge >= 0.3 is 0 Å². The van der Waals surface area contributed by atoms with Crippen molar-refractivity contribution in [3.8, 4) is 21.3 Å². The smallest absolute Gasteiger partial charge is 0.195 e. The SMILES string of the molecule is CCn1c(-c2cnc(-c3ccccc3C)s2)n[nH]c1=S. The number of aromatic nitrogens is 4. The van der Waals surface area contributed by atoms with Crippen molar-refractivity contribution < 1.29 is 0 Å². The lowest BCUT2D eigenvalue weighted by atomic mass is 10.1. The highest BCUT2D eigenvalue weighted by atomic mass is 32.1. The van der Waals surface area contributed by atoms with Gasteiger partial charge in [0.1, 0.15) is 5.01 Å². The minimum Gasteiger partial charge on any atom is -0.300 e. The van der Waals surface area contributed by atoms with E-state index < -0.39 is 0 Å². The van der Waals surface area contributed by atoms with Crippen molar-refractivity contribution in [1.82, 2.24) is 19.7 Å². The number of hydrogen-bond acceptors (Lipinski definition) is 4. The summed E-state index contributed by atoms with van der Waals surface area (Å²) in [6.45, 7) is 4.94. The van der Waals surface area contributed by atoms with Crippen LogP contribution in [0.5, 0.6) is 0 Å². The van der Waals surface area contributed by atoms with Gasteiger partial charge in [0.15, 0.2) is 10.6 Å². The molecular weight excluding hydrogens is 288 g/mol. The Balaban J connectivity index is 2.07. The lowest BCUT2D eigenvalue weighted by Gasteiger charge is -2.01. The first-order chi connectivity index (χ1) is 9.70. The second kappa shape index (κ2) is 5.30. The third-order valence-corrected chi connectivity index (χ3v) is 4.51. The molecule has 0 radical (unpaired) electrons. The van der Waals surface area contributed by atoms with Crippen molar-refractivity contribution in [3.63, 3.8) is 0 Å². The topological polar surface area (TPSA) is 46.5 Å². The van der Waals surface area contributed by atoms with Crippen LogP contribution in [0, 0.1) is 11.7 Å². The Morgan fingerprint density at radius 1 is 1.35 bits per heavy atom. The number of H-pyrrole nitrogens is 1. The van der Waals surface area contributed by atoms with Crippen LogP contribution in [0.4, 0.5) is 0 Å². The summed E-state index contributed by atoms with van der Waals surface area (Å²) in [5, 5.41) is 8.15. The molecular formula is C14H14N4S2. The number of benzene rings is 1. The maximum absolute atomic E-state index is 5.22. The second-order valence-electron chi connectivity index (χ2n) is 4.44. The predicted octanol–water partition coefficient (Wildman–Crippen LogP) is 4.06. The molecule has 4 nitrogen and oxygen atoms in total. The van der Waals surface area contributed by atoms with Crippen LogP contribution in [0.1, 0.15) is 12.5 Å². The molecule has 1 N–H and O–H groups in total. The molecule has 2 heterocycles. The largest absolute Gasteiger partial charge is 0.300 e. The number of hydrogen-bond donors (Lipinski definition) is 1. The fourth-order valence-electron chi connectivity index (χ4n) is 2.11. The first-order valence-electron chi connectivity index (χ1n) is 6.38. The molecule has 2 aromatic heterocycles. The summed E-state index contributed by atoms with van der Waals surface area (Å²) < 4.78 is 2.62. The van der Waals surface area contributed by atoms with E-state index in [-0.39, 0.29) is 0 Å². The summed E-state index contributed by atoms with van der Waals surface area (Å²) in [6, 6.07) is 8.26. The Morgan fingerprint density at radius 2 is 2.15 bits per heavy atom. The van der Waals surface area contributed by atoms with Gasteiger partial charge in [-0.2, -0.15) is 5.10 Å². The van der Waals surface area contributed by atoms with Gasteiger partial charge in [-0.25, -0.2) is 4.98 Å². The molecule has 0 amide bonds. The minimum absolute atomic E-state index is 0.647. The van der Waals surface area contributed by atoms with Crippen LogP contribution in [-0.4, -0.2) is 19.7 Å². The Labute approximate surface area is 126 Å². The van der Waals surface area contributed by atoms with Crippen LogP contribution in [0.3, 0.4) is 0 Å². The predicted molar refractivity (Wildman–Crippen MR) is 84.4 cm³/mol. The van der Waals surface area contributed by atoms with E-state index in [9.17, 15) is 0 Å². The van der Waals surface area contributed by atoms with Gasteiger partial charge in [-0.05, 0) is 31.6 Å². The Hall–Kier alpha value is -1.79. The number of nitrogens with one attached hydrogen (secondary N) is 1. The van der Waals surface area contributed by atoms with Crippen LogP contribution < -0.4 is 0 Å². The Morgan fingerprint density at radius 3 is 2.90 bits per heavy atom. The molecule has 6 heteroatoms. The summed E-state index contributed by atoms with van der Waals surface area (Å²) in [7, 11) is 0. The Kier molecular flexibility index (Phi) is 3.50. The molecule has 0 aliphatic rings. The van der Waals surface area contributed by atoms with Crippen molar-refractivity contribution in [1.29, 1.82) is 0 Å². The monoisotopic (exact) mass is 302 g/mol. The second-order valence-corrected chi connectivity index (χ2v) is 5.86. The molecule has 0 bridgehead atoms. The van der Waals surface area contributed by atoms with Crippen LogP contribution in [0.2, 0.25) is 0 Å². The molecule has 0 aliphatic carbocycles. The molecule has 0 saturated carbocycles. The van der Waals surface area contributed by atoms with Gasteiger partial charge in [0.05, 0.1) is 4.88 Å². The molecule has 20 heavy (non-hydrogen) atoms. The summed E-state index contributed by atoms with van der Waals surface area (Å²) in [5.74, 6) is 0.856. The van der Waals surface area contributed by atoms with Crippen molar-refractivity contribution >= 4 is 23.6 Å². The molecule has 3 aromatic rings. The summed E-state index contributed by atoms with van der Waals surface area (Å²) in [6.07, 6.45) is 1.86. The summed E-state index contributed by atoms with van der Waals surface area (Å²) in [4.78, 5) is 5.55. The normalized spacial score (nSPS) is 10.9. The van der Waals surface area contributed by atoms with E-state index >= 15 is 0 Å². The number of aromatic amines is 1. The number of nitrogens with zero attached hydrogens (tertiary/aromatic N) is 3. The number of thiazole rings is 1. The van der Waals surface area contributed by atoms with Crippen molar-refractivity contribution in [2.75, 3.05) is 0 Å². The maximum Gasteiger partial charge on any atom is 0.195 e. The van der Waals surface area contributed by atoms with E-state index in [2.05, 4.69) is 41.2 Å². The molecule has 0 fully saturated rings. The molecule has 0 unspecified atom stereocenters. The lowest BCUT2D eigenvalue weighted by Crippen LogP contribution is -1.96. The highest BCUT2D eigenvalue weighted by Gasteiger charge is 2.13. The molecule has 0 atom stereocenters. The summed E-state index contributed by atoms with van der Waals surface area (Å²) >= 11 is 6.86. The van der Waals surface area contributed by atoms with E-state index in [0.29, 0.717) is 4.77 Å². The quantitative estimate of drug-likeness (QED) is 0.742. The van der Waals surface area contributed by atoms with E-state index in [4.69, 9.17) is 12.2 Å². The zero-order chi connectivity index (χ0) is 14.1. The highest BCUT2D eigenvalue weighted by molar-refractivity contribution is 7.71. The van der Waals surface area contributed by atoms with Crippen LogP contribution in [-0.2, 0) is 6.54 Å². The van der Waals surface area contributed by atoms with Crippen LogP contribution in [0.25, 0.3) is 21.3 Å². The maximum atomic E-state index is 5.22. The fourth-order valence-corrected chi connectivity index (χ4v) is 3.38. The third kappa shape index (κ3) is 2.21. The standard InChI is InChI=1S/C14H14N4S2/c1-3-18-12(16-17-14(18)19)11-8-15-13(20-11)10-7-5-4-6-9(10)2/h4-8H,3H2,1-2H3,(H,17,19). The van der Waals surface area contributed by atoms with Gasteiger partial charge in [-0.3, -0.25) is 9.67 Å². The van der Waals surface area contributed by atoms with Gasteiger partial charge in [0, 0.05) is 18.3 Å². The van der Waals surface area contributed by atoms with E-state index in [1.165, 1.54) is 11.1 Å². The summed E-state index contributed by atoms with van der Waals surface area (Å²) in [5.41, 5.74) is 2.39. The van der Waals surface area contributed by atoms with Crippen molar-refractivity contribution in [2.45, 2.75) is 20.4 Å². The fraction of sp³-hybridized carbons (Fsp3) is 0.214. The number of aryl methyl sites for hydroxylation is 1. The zero-order valence-corrected chi connectivity index (χ0v) is 12.9. The molecule has 3 rings (SSSR count). The number of rotatable bonds is 3. The molecule has 0 aliphatic heterocycles. The highest BCUT2D eigenvalue weighted by Crippen LogP contribution is 2.32.